The minimum atomic E-state index is -4.58. The first-order valence-corrected chi connectivity index (χ1v) is 11.4. The molecule has 1 aromatic carbocycles. The molecule has 1 aliphatic heterocycles. The number of hydrogen-bond acceptors (Lipinski definition) is 8. The lowest BCUT2D eigenvalue weighted by atomic mass is 10.1. The highest BCUT2D eigenvalue weighted by atomic mass is 19.4. The van der Waals surface area contributed by atoms with E-state index in [4.69, 9.17) is 15.2 Å². The number of fused-ring (bicyclic) bond motifs is 1. The summed E-state index contributed by atoms with van der Waals surface area (Å²) >= 11 is 0. The van der Waals surface area contributed by atoms with Gasteiger partial charge in [0, 0.05) is 23.9 Å². The highest BCUT2D eigenvalue weighted by Crippen LogP contribution is 2.37. The third-order valence-corrected chi connectivity index (χ3v) is 6.15. The molecule has 0 spiro atoms. The van der Waals surface area contributed by atoms with Gasteiger partial charge in [-0.2, -0.15) is 13.2 Å². The molecule has 0 radical (unpaired) electrons. The number of likely N-dealkylation sites (tertiary alicyclic amines) is 1. The number of aryl methyl sites for hydroxylation is 1. The third kappa shape index (κ3) is 5.92. The quantitative estimate of drug-likeness (QED) is 0.423. The van der Waals surface area contributed by atoms with Crippen LogP contribution in [0.3, 0.4) is 0 Å². The van der Waals surface area contributed by atoms with Crippen molar-refractivity contribution >= 4 is 22.5 Å². The molecule has 3 heterocycles. The second-order valence-electron chi connectivity index (χ2n) is 9.15. The lowest BCUT2D eigenvalue weighted by Gasteiger charge is -2.21. The van der Waals surface area contributed by atoms with E-state index in [-0.39, 0.29) is 31.1 Å². The van der Waals surface area contributed by atoms with Crippen molar-refractivity contribution in [3.8, 4) is 11.5 Å². The van der Waals surface area contributed by atoms with Crippen molar-refractivity contribution in [2.24, 2.45) is 0 Å². The van der Waals surface area contributed by atoms with Gasteiger partial charge in [0.05, 0.1) is 36.5 Å². The number of rotatable bonds is 7. The minimum absolute atomic E-state index is 0.00721. The van der Waals surface area contributed by atoms with Crippen LogP contribution in [0.5, 0.6) is 11.5 Å². The number of nitrogen functional groups attached to an aromatic ring is 1. The first-order valence-electron chi connectivity index (χ1n) is 11.4. The Bertz CT molecular complexity index is 1300. The number of nitrogens with zero attached hydrogens (tertiary/aromatic N) is 4. The highest BCUT2D eigenvalue weighted by Gasteiger charge is 2.43. The van der Waals surface area contributed by atoms with E-state index in [2.05, 4.69) is 20.3 Å². The topological polar surface area (TPSA) is 98.4 Å². The van der Waals surface area contributed by atoms with Crippen LogP contribution >= 0.6 is 0 Å². The van der Waals surface area contributed by atoms with Gasteiger partial charge >= 0.3 is 6.18 Å². The Balaban J connectivity index is 1.65. The number of ether oxygens (including phenoxy) is 2. The van der Waals surface area contributed by atoms with E-state index in [9.17, 15) is 22.0 Å². The average Bonchev–Trinajstić information content (AvgIpc) is 3.07. The number of nitrogens with two attached hydrogens (primary N) is 1. The van der Waals surface area contributed by atoms with Crippen LogP contribution < -0.4 is 20.5 Å². The van der Waals surface area contributed by atoms with Gasteiger partial charge in [-0.25, -0.2) is 23.7 Å². The molecule has 0 saturated carbocycles. The predicted octanol–water partition coefficient (Wildman–Crippen LogP) is 4.83. The molecule has 13 heteroatoms. The second kappa shape index (κ2) is 9.77. The molecule has 8 nitrogen and oxygen atoms in total. The van der Waals surface area contributed by atoms with Crippen molar-refractivity contribution in [1.82, 2.24) is 19.9 Å². The summed E-state index contributed by atoms with van der Waals surface area (Å²) in [6.45, 7) is 2.96. The van der Waals surface area contributed by atoms with Gasteiger partial charge in [-0.05, 0) is 39.1 Å². The number of likely N-dealkylation sites (N-methyl/N-ethyl adjacent to an activating group) is 1. The Morgan fingerprint density at radius 3 is 2.51 bits per heavy atom. The number of anilines is 2. The maximum atomic E-state index is 13.8. The van der Waals surface area contributed by atoms with E-state index in [0.29, 0.717) is 34.0 Å². The summed E-state index contributed by atoms with van der Waals surface area (Å²) < 4.78 is 78.7. The normalized spacial score (nSPS) is 18.7. The molecule has 0 unspecified atom stereocenters. The van der Waals surface area contributed by atoms with Crippen LogP contribution in [0.2, 0.25) is 0 Å². The summed E-state index contributed by atoms with van der Waals surface area (Å²) in [4.78, 5) is 14.4. The maximum Gasteiger partial charge on any atom is 0.416 e. The first kappa shape index (κ1) is 26.6. The lowest BCUT2D eigenvalue weighted by molar-refractivity contribution is -0.137. The molecule has 1 saturated heterocycles. The number of benzene rings is 1. The standard InChI is InChI=1S/C24H27F5N6O2/c1-12(17-5-14(24(27,28)29)6-21(30)34-17)31-22-16-7-20(19(36-4)8-18(16)32-13(2)33-22)37-10-15-9-23(25,26)11-35(15)3/h5-8,12,15H,9-11H2,1-4H3,(H2,30,34)(H,31,32,33)/t12-,15+/m1/s1. The second-order valence-corrected chi connectivity index (χ2v) is 9.15. The minimum Gasteiger partial charge on any atom is -0.493 e. The zero-order valence-corrected chi connectivity index (χ0v) is 20.7. The fourth-order valence-corrected chi connectivity index (χ4v) is 4.30. The lowest BCUT2D eigenvalue weighted by Crippen LogP contribution is -2.30. The van der Waals surface area contributed by atoms with Crippen molar-refractivity contribution in [3.63, 3.8) is 0 Å². The summed E-state index contributed by atoms with van der Waals surface area (Å²) in [7, 11) is 3.06. The summed E-state index contributed by atoms with van der Waals surface area (Å²) in [5.74, 6) is -1.66. The molecule has 200 valence electrons. The van der Waals surface area contributed by atoms with Crippen LogP contribution in [0.25, 0.3) is 10.9 Å². The molecular weight excluding hydrogens is 499 g/mol. The summed E-state index contributed by atoms with van der Waals surface area (Å²) in [6, 6.07) is 3.75. The van der Waals surface area contributed by atoms with Gasteiger partial charge in [0.15, 0.2) is 11.5 Å². The van der Waals surface area contributed by atoms with Crippen molar-refractivity contribution in [2.75, 3.05) is 38.4 Å². The Kier molecular flexibility index (Phi) is 7.01. The molecule has 4 rings (SSSR count). The molecule has 0 bridgehead atoms. The van der Waals surface area contributed by atoms with E-state index in [1.165, 1.54) is 7.11 Å². The summed E-state index contributed by atoms with van der Waals surface area (Å²) in [6.07, 6.45) is -4.90. The van der Waals surface area contributed by atoms with Gasteiger partial charge in [-0.15, -0.1) is 0 Å². The molecule has 3 aromatic rings. The number of nitrogens with one attached hydrogen (secondary N) is 1. The van der Waals surface area contributed by atoms with Crippen molar-refractivity contribution in [1.29, 1.82) is 0 Å². The van der Waals surface area contributed by atoms with Crippen LogP contribution in [-0.4, -0.2) is 59.1 Å². The van der Waals surface area contributed by atoms with Crippen LogP contribution in [0.4, 0.5) is 33.6 Å². The smallest absolute Gasteiger partial charge is 0.416 e. The molecule has 0 amide bonds. The van der Waals surface area contributed by atoms with E-state index < -0.39 is 29.7 Å². The van der Waals surface area contributed by atoms with Crippen LogP contribution in [0.15, 0.2) is 24.3 Å². The molecule has 0 aliphatic carbocycles. The number of alkyl halides is 5. The zero-order chi connectivity index (χ0) is 27.1. The van der Waals surface area contributed by atoms with Gasteiger partial charge < -0.3 is 20.5 Å². The molecule has 37 heavy (non-hydrogen) atoms. The Morgan fingerprint density at radius 2 is 1.89 bits per heavy atom. The van der Waals surface area contributed by atoms with E-state index in [0.717, 1.165) is 12.1 Å². The fourth-order valence-electron chi connectivity index (χ4n) is 4.30. The monoisotopic (exact) mass is 526 g/mol. The zero-order valence-electron chi connectivity index (χ0n) is 20.7. The van der Waals surface area contributed by atoms with E-state index >= 15 is 0 Å². The van der Waals surface area contributed by atoms with Crippen molar-refractivity contribution in [2.45, 2.75) is 44.5 Å². The maximum absolute atomic E-state index is 13.8. The highest BCUT2D eigenvalue weighted by molar-refractivity contribution is 5.92. The average molecular weight is 527 g/mol. The number of methoxy groups -OCH3 is 1. The fraction of sp³-hybridized carbons (Fsp3) is 0.458. The van der Waals surface area contributed by atoms with E-state index in [1.807, 2.05) is 0 Å². The van der Waals surface area contributed by atoms with Crippen LogP contribution in [-0.2, 0) is 6.18 Å². The molecular formula is C24H27F5N6O2. The van der Waals surface area contributed by atoms with Gasteiger partial charge in [0.25, 0.3) is 5.92 Å². The Labute approximate surface area is 210 Å². The summed E-state index contributed by atoms with van der Waals surface area (Å²) in [5.41, 5.74) is 5.28. The SMILES string of the molecule is COc1cc2nc(C)nc(N[C@H](C)c3cc(C(F)(F)F)cc(N)n3)c2cc1OC[C@@H]1CC(F)(F)CN1C. The van der Waals surface area contributed by atoms with Gasteiger partial charge in [-0.3, -0.25) is 4.90 Å². The summed E-state index contributed by atoms with van der Waals surface area (Å²) in [5, 5.41) is 3.59. The van der Waals surface area contributed by atoms with Gasteiger partial charge in [0.2, 0.25) is 0 Å². The number of hydrogen-bond donors (Lipinski definition) is 2. The third-order valence-electron chi connectivity index (χ3n) is 6.15. The van der Waals surface area contributed by atoms with Crippen molar-refractivity contribution in [3.05, 3.63) is 41.3 Å². The molecule has 2 atom stereocenters. The number of pyridine rings is 1. The number of aromatic nitrogens is 3. The Hall–Kier alpha value is -3.48. The van der Waals surface area contributed by atoms with Crippen LogP contribution in [0.1, 0.15) is 36.5 Å². The molecule has 1 fully saturated rings. The number of halogens is 5. The van der Waals surface area contributed by atoms with Crippen LogP contribution in [0, 0.1) is 6.92 Å². The predicted molar refractivity (Wildman–Crippen MR) is 128 cm³/mol. The van der Waals surface area contributed by atoms with Gasteiger partial charge in [-0.1, -0.05) is 0 Å². The van der Waals surface area contributed by atoms with E-state index in [1.54, 1.807) is 37.9 Å². The Morgan fingerprint density at radius 1 is 1.16 bits per heavy atom. The molecule has 2 aromatic heterocycles. The first-order chi connectivity index (χ1) is 17.3. The molecule has 1 aliphatic rings. The largest absolute Gasteiger partial charge is 0.493 e. The van der Waals surface area contributed by atoms with Crippen molar-refractivity contribution < 1.29 is 31.4 Å². The van der Waals surface area contributed by atoms with Gasteiger partial charge in [0.1, 0.15) is 24.1 Å². The molecule has 3 N–H and O–H groups in total.